The topological polar surface area (TPSA) is 12.0 Å². The SMILES string of the molecule is CSC1CNC1.I. The molecule has 0 spiro atoms. The molecule has 1 saturated heterocycles. The van der Waals surface area contributed by atoms with E-state index in [9.17, 15) is 0 Å². The molecule has 7 heavy (non-hydrogen) atoms. The van der Waals surface area contributed by atoms with Crippen molar-refractivity contribution in [2.75, 3.05) is 19.3 Å². The summed E-state index contributed by atoms with van der Waals surface area (Å²) in [5.74, 6) is 0. The summed E-state index contributed by atoms with van der Waals surface area (Å²) in [6, 6.07) is 0. The monoisotopic (exact) mass is 231 g/mol. The molecule has 0 bridgehead atoms. The van der Waals surface area contributed by atoms with Crippen LogP contribution in [0, 0.1) is 0 Å². The van der Waals surface area contributed by atoms with E-state index < -0.39 is 0 Å². The maximum atomic E-state index is 3.19. The zero-order chi connectivity index (χ0) is 4.41. The van der Waals surface area contributed by atoms with Crippen LogP contribution in [-0.4, -0.2) is 24.6 Å². The van der Waals surface area contributed by atoms with E-state index in [4.69, 9.17) is 0 Å². The van der Waals surface area contributed by atoms with Gasteiger partial charge in [0.15, 0.2) is 0 Å². The minimum Gasteiger partial charge on any atom is -0.314 e. The van der Waals surface area contributed by atoms with Crippen LogP contribution in [0.3, 0.4) is 0 Å². The zero-order valence-electron chi connectivity index (χ0n) is 4.31. The Morgan fingerprint density at radius 3 is 2.14 bits per heavy atom. The molecule has 1 nitrogen and oxygen atoms in total. The number of nitrogens with one attached hydrogen (secondary N) is 1. The molecule has 1 aliphatic rings. The lowest BCUT2D eigenvalue weighted by Crippen LogP contribution is -2.44. The largest absolute Gasteiger partial charge is 0.314 e. The molecule has 0 atom stereocenters. The van der Waals surface area contributed by atoms with Crippen molar-refractivity contribution in [2.45, 2.75) is 5.25 Å². The molecule has 0 radical (unpaired) electrons. The highest BCUT2D eigenvalue weighted by Gasteiger charge is 2.13. The molecule has 1 fully saturated rings. The molecular formula is C4H10INS. The van der Waals surface area contributed by atoms with Gasteiger partial charge in [-0.1, -0.05) is 0 Å². The summed E-state index contributed by atoms with van der Waals surface area (Å²) in [4.78, 5) is 0. The zero-order valence-corrected chi connectivity index (χ0v) is 7.45. The van der Waals surface area contributed by atoms with Crippen LogP contribution in [0.1, 0.15) is 0 Å². The molecule has 0 saturated carbocycles. The second-order valence-corrected chi connectivity index (χ2v) is 2.65. The van der Waals surface area contributed by atoms with E-state index in [0.29, 0.717) is 0 Å². The fourth-order valence-corrected chi connectivity index (χ4v) is 0.998. The number of hydrogen-bond acceptors (Lipinski definition) is 2. The van der Waals surface area contributed by atoms with Crippen LogP contribution in [0.25, 0.3) is 0 Å². The third-order valence-corrected chi connectivity index (χ3v) is 2.08. The second kappa shape index (κ2) is 3.97. The molecule has 0 aromatic carbocycles. The van der Waals surface area contributed by atoms with Gasteiger partial charge in [0.25, 0.3) is 0 Å². The third kappa shape index (κ3) is 2.19. The first-order valence-corrected chi connectivity index (χ1v) is 3.46. The van der Waals surface area contributed by atoms with Crippen molar-refractivity contribution < 1.29 is 0 Å². The van der Waals surface area contributed by atoms with Crippen molar-refractivity contribution in [3.8, 4) is 0 Å². The summed E-state index contributed by atoms with van der Waals surface area (Å²) in [7, 11) is 0. The summed E-state index contributed by atoms with van der Waals surface area (Å²) in [5, 5.41) is 4.11. The van der Waals surface area contributed by atoms with E-state index in [1.165, 1.54) is 13.1 Å². The van der Waals surface area contributed by atoms with E-state index in [-0.39, 0.29) is 24.0 Å². The summed E-state index contributed by atoms with van der Waals surface area (Å²) >= 11 is 1.95. The van der Waals surface area contributed by atoms with Gasteiger partial charge < -0.3 is 5.32 Å². The van der Waals surface area contributed by atoms with Gasteiger partial charge in [0.05, 0.1) is 0 Å². The average Bonchev–Trinajstić information content (AvgIpc) is 1.31. The molecular weight excluding hydrogens is 221 g/mol. The molecule has 44 valence electrons. The van der Waals surface area contributed by atoms with Crippen LogP contribution in [0.5, 0.6) is 0 Å². The molecule has 0 aromatic rings. The maximum absolute atomic E-state index is 3.19. The van der Waals surface area contributed by atoms with Crippen LogP contribution < -0.4 is 5.32 Å². The second-order valence-electron chi connectivity index (χ2n) is 1.52. The van der Waals surface area contributed by atoms with E-state index in [2.05, 4.69) is 11.6 Å². The molecule has 1 heterocycles. The normalized spacial score (nSPS) is 20.1. The predicted molar refractivity (Wildman–Crippen MR) is 45.6 cm³/mol. The molecule has 0 amide bonds. The minimum absolute atomic E-state index is 0. The van der Waals surface area contributed by atoms with E-state index in [0.717, 1.165) is 5.25 Å². The van der Waals surface area contributed by atoms with Crippen molar-refractivity contribution in [3.05, 3.63) is 0 Å². The van der Waals surface area contributed by atoms with E-state index in [1.807, 2.05) is 11.8 Å². The number of halogens is 1. The van der Waals surface area contributed by atoms with Gasteiger partial charge in [-0.25, -0.2) is 0 Å². The van der Waals surface area contributed by atoms with Crippen molar-refractivity contribution in [1.82, 2.24) is 5.32 Å². The highest BCUT2D eigenvalue weighted by atomic mass is 127. The summed E-state index contributed by atoms with van der Waals surface area (Å²) in [6.45, 7) is 2.45. The Morgan fingerprint density at radius 1 is 1.57 bits per heavy atom. The van der Waals surface area contributed by atoms with Crippen molar-refractivity contribution in [3.63, 3.8) is 0 Å². The number of rotatable bonds is 1. The van der Waals surface area contributed by atoms with E-state index in [1.54, 1.807) is 0 Å². The molecule has 1 aliphatic heterocycles. The Bertz CT molecular complexity index is 44.2. The van der Waals surface area contributed by atoms with Gasteiger partial charge in [-0.05, 0) is 6.26 Å². The summed E-state index contributed by atoms with van der Waals surface area (Å²) in [5.41, 5.74) is 0. The van der Waals surface area contributed by atoms with Crippen LogP contribution in [-0.2, 0) is 0 Å². The highest BCUT2D eigenvalue weighted by molar-refractivity contribution is 14.0. The molecule has 1 rings (SSSR count). The molecule has 3 heteroatoms. The minimum atomic E-state index is 0. The fourth-order valence-electron chi connectivity index (χ4n) is 0.429. The first-order chi connectivity index (χ1) is 2.93. The lowest BCUT2D eigenvalue weighted by atomic mass is 10.3. The van der Waals surface area contributed by atoms with E-state index >= 15 is 0 Å². The van der Waals surface area contributed by atoms with Crippen LogP contribution in [0.15, 0.2) is 0 Å². The van der Waals surface area contributed by atoms with Crippen molar-refractivity contribution in [2.24, 2.45) is 0 Å². The standard InChI is InChI=1S/C4H9NS.HI/c1-6-4-2-5-3-4;/h4-5H,2-3H2,1H3;1H. The lowest BCUT2D eigenvalue weighted by molar-refractivity contribution is 0.544. The Morgan fingerprint density at radius 2 is 2.14 bits per heavy atom. The highest BCUT2D eigenvalue weighted by Crippen LogP contribution is 2.08. The Balaban J connectivity index is 0.000000360. The van der Waals surface area contributed by atoms with Gasteiger partial charge in [-0.3, -0.25) is 0 Å². The molecule has 0 unspecified atom stereocenters. The van der Waals surface area contributed by atoms with Gasteiger partial charge in [0.1, 0.15) is 0 Å². The van der Waals surface area contributed by atoms with Gasteiger partial charge in [-0.2, -0.15) is 11.8 Å². The lowest BCUT2D eigenvalue weighted by Gasteiger charge is -2.24. The van der Waals surface area contributed by atoms with Crippen molar-refractivity contribution in [1.29, 1.82) is 0 Å². The maximum Gasteiger partial charge on any atom is 0.0294 e. The molecule has 1 N–H and O–H groups in total. The van der Waals surface area contributed by atoms with Gasteiger partial charge in [0.2, 0.25) is 0 Å². The van der Waals surface area contributed by atoms with Crippen molar-refractivity contribution >= 4 is 35.7 Å². The number of thioether (sulfide) groups is 1. The predicted octanol–water partition coefficient (Wildman–Crippen LogP) is 0.939. The molecule has 0 aliphatic carbocycles. The summed E-state index contributed by atoms with van der Waals surface area (Å²) < 4.78 is 0. The smallest absolute Gasteiger partial charge is 0.0294 e. The Hall–Kier alpha value is 1.04. The summed E-state index contributed by atoms with van der Waals surface area (Å²) in [6.07, 6.45) is 2.16. The fraction of sp³-hybridized carbons (Fsp3) is 1.00. The van der Waals surface area contributed by atoms with Crippen LogP contribution in [0.2, 0.25) is 0 Å². The number of hydrogen-bond donors (Lipinski definition) is 1. The third-order valence-electron chi connectivity index (χ3n) is 1.08. The first kappa shape index (κ1) is 8.04. The quantitative estimate of drug-likeness (QED) is 0.674. The van der Waals surface area contributed by atoms with Crippen LogP contribution in [0.4, 0.5) is 0 Å². The molecule has 0 aromatic heterocycles. The van der Waals surface area contributed by atoms with Gasteiger partial charge in [0, 0.05) is 18.3 Å². The van der Waals surface area contributed by atoms with Crippen LogP contribution >= 0.6 is 35.7 Å². The first-order valence-electron chi connectivity index (χ1n) is 2.17. The Kier molecular flexibility index (Phi) is 4.56. The van der Waals surface area contributed by atoms with Gasteiger partial charge >= 0.3 is 0 Å². The Labute approximate surface area is 65.6 Å². The van der Waals surface area contributed by atoms with Gasteiger partial charge in [-0.15, -0.1) is 24.0 Å². The average molecular weight is 231 g/mol.